The van der Waals surface area contributed by atoms with Crippen LogP contribution in [0.25, 0.3) is 10.8 Å². The number of nitrogens with zero attached hydrogens (tertiary/aromatic N) is 3. The van der Waals surface area contributed by atoms with E-state index in [2.05, 4.69) is 10.2 Å². The molecular weight excluding hydrogens is 392 g/mol. The summed E-state index contributed by atoms with van der Waals surface area (Å²) in [7, 11) is 3.49. The van der Waals surface area contributed by atoms with Crippen LogP contribution < -0.4 is 5.56 Å². The van der Waals surface area contributed by atoms with Gasteiger partial charge in [-0.1, -0.05) is 30.3 Å². The maximum atomic E-state index is 13.1. The summed E-state index contributed by atoms with van der Waals surface area (Å²) in [5, 5.41) is 7.55. The van der Waals surface area contributed by atoms with E-state index in [1.807, 2.05) is 35.2 Å². The summed E-state index contributed by atoms with van der Waals surface area (Å²) < 4.78 is 0. The number of likely N-dealkylation sites (tertiary alicyclic amines) is 1. The molecule has 1 aliphatic heterocycles. The molecule has 2 aromatic carbocycles. The molecular formula is C24H26N4O3. The van der Waals surface area contributed by atoms with E-state index < -0.39 is 0 Å². The van der Waals surface area contributed by atoms with E-state index in [0.717, 1.165) is 19.3 Å². The summed E-state index contributed by atoms with van der Waals surface area (Å²) >= 11 is 0. The normalized spacial score (nSPS) is 14.6. The fraction of sp³-hybridized carbons (Fsp3) is 0.333. The molecule has 31 heavy (non-hydrogen) atoms. The van der Waals surface area contributed by atoms with Crippen molar-refractivity contribution in [3.05, 3.63) is 75.7 Å². The quantitative estimate of drug-likeness (QED) is 0.706. The summed E-state index contributed by atoms with van der Waals surface area (Å²) in [6, 6.07) is 14.9. The van der Waals surface area contributed by atoms with Crippen LogP contribution in [0.2, 0.25) is 0 Å². The van der Waals surface area contributed by atoms with Crippen molar-refractivity contribution in [2.24, 2.45) is 5.92 Å². The predicted octanol–water partition coefficient (Wildman–Crippen LogP) is 2.72. The maximum Gasteiger partial charge on any atom is 0.274 e. The van der Waals surface area contributed by atoms with Crippen LogP contribution in [0, 0.1) is 5.92 Å². The van der Waals surface area contributed by atoms with Crippen LogP contribution in [-0.2, 0) is 6.42 Å². The van der Waals surface area contributed by atoms with Gasteiger partial charge in [-0.3, -0.25) is 14.4 Å². The lowest BCUT2D eigenvalue weighted by Gasteiger charge is -2.32. The zero-order chi connectivity index (χ0) is 22.0. The summed E-state index contributed by atoms with van der Waals surface area (Å²) in [5.74, 6) is 0.346. The smallest absolute Gasteiger partial charge is 0.274 e. The van der Waals surface area contributed by atoms with Crippen molar-refractivity contribution < 1.29 is 9.59 Å². The average molecular weight is 418 g/mol. The molecule has 1 N–H and O–H groups in total. The van der Waals surface area contributed by atoms with Gasteiger partial charge in [0, 0.05) is 38.1 Å². The first-order valence-corrected chi connectivity index (χ1v) is 10.5. The highest BCUT2D eigenvalue weighted by Crippen LogP contribution is 2.24. The first kappa shape index (κ1) is 20.8. The third kappa shape index (κ3) is 4.35. The minimum absolute atomic E-state index is 0.00163. The standard InChI is InChI=1S/C24H26N4O3/c1-27(2)23(30)18-9-7-16(8-10-18)15-17-11-13-28(14-12-17)24(31)21-19-5-3-4-6-20(19)22(29)26-25-21/h3-10,17H,11-15H2,1-2H3,(H,26,29). The average Bonchev–Trinajstić information content (AvgIpc) is 2.79. The molecule has 3 aromatic rings. The van der Waals surface area contributed by atoms with Gasteiger partial charge in [-0.05, 0) is 48.9 Å². The van der Waals surface area contributed by atoms with Crippen LogP contribution in [0.5, 0.6) is 0 Å². The fourth-order valence-corrected chi connectivity index (χ4v) is 4.14. The van der Waals surface area contributed by atoms with E-state index in [9.17, 15) is 14.4 Å². The highest BCUT2D eigenvalue weighted by Gasteiger charge is 2.26. The number of amides is 2. The molecule has 0 bridgehead atoms. The van der Waals surface area contributed by atoms with E-state index in [4.69, 9.17) is 0 Å². The Morgan fingerprint density at radius 2 is 1.68 bits per heavy atom. The Morgan fingerprint density at radius 1 is 1.03 bits per heavy atom. The molecule has 7 heteroatoms. The Bertz CT molecular complexity index is 1160. The van der Waals surface area contributed by atoms with Crippen molar-refractivity contribution in [1.82, 2.24) is 20.0 Å². The van der Waals surface area contributed by atoms with Crippen LogP contribution in [0.15, 0.2) is 53.3 Å². The maximum absolute atomic E-state index is 13.1. The summed E-state index contributed by atoms with van der Waals surface area (Å²) in [5.41, 5.74) is 1.90. The van der Waals surface area contributed by atoms with E-state index in [-0.39, 0.29) is 17.4 Å². The van der Waals surface area contributed by atoms with Gasteiger partial charge in [-0.25, -0.2) is 5.10 Å². The van der Waals surface area contributed by atoms with Gasteiger partial charge in [0.25, 0.3) is 17.4 Å². The monoisotopic (exact) mass is 418 g/mol. The minimum atomic E-state index is -0.288. The fourth-order valence-electron chi connectivity index (χ4n) is 4.14. The zero-order valence-electron chi connectivity index (χ0n) is 17.8. The Labute approximate surface area is 180 Å². The van der Waals surface area contributed by atoms with E-state index in [1.165, 1.54) is 5.56 Å². The van der Waals surface area contributed by atoms with Crippen molar-refractivity contribution in [2.75, 3.05) is 27.2 Å². The third-order valence-electron chi connectivity index (χ3n) is 5.93. The zero-order valence-corrected chi connectivity index (χ0v) is 17.8. The first-order valence-electron chi connectivity index (χ1n) is 10.5. The molecule has 1 aliphatic rings. The summed E-state index contributed by atoms with van der Waals surface area (Å²) in [4.78, 5) is 40.4. The molecule has 7 nitrogen and oxygen atoms in total. The van der Waals surface area contributed by atoms with Gasteiger partial charge >= 0.3 is 0 Å². The van der Waals surface area contributed by atoms with E-state index >= 15 is 0 Å². The molecule has 0 spiro atoms. The molecule has 2 heterocycles. The highest BCUT2D eigenvalue weighted by molar-refractivity contribution is 6.04. The molecule has 0 radical (unpaired) electrons. The van der Waals surface area contributed by atoms with Gasteiger partial charge < -0.3 is 9.80 Å². The number of aromatic nitrogens is 2. The lowest BCUT2D eigenvalue weighted by molar-refractivity contribution is 0.0685. The molecule has 160 valence electrons. The van der Waals surface area contributed by atoms with Crippen LogP contribution in [0.4, 0.5) is 0 Å². The first-order chi connectivity index (χ1) is 14.9. The molecule has 0 aliphatic carbocycles. The number of nitrogens with one attached hydrogen (secondary N) is 1. The lowest BCUT2D eigenvalue weighted by atomic mass is 9.89. The molecule has 1 aromatic heterocycles. The molecule has 0 unspecified atom stereocenters. The molecule has 4 rings (SSSR count). The molecule has 2 amide bonds. The Hall–Kier alpha value is -3.48. The van der Waals surface area contributed by atoms with E-state index in [1.54, 1.807) is 37.2 Å². The number of rotatable bonds is 4. The number of hydrogen-bond acceptors (Lipinski definition) is 4. The van der Waals surface area contributed by atoms with Gasteiger partial charge in [0.15, 0.2) is 5.69 Å². The highest BCUT2D eigenvalue weighted by atomic mass is 16.2. The van der Waals surface area contributed by atoms with Crippen molar-refractivity contribution in [1.29, 1.82) is 0 Å². The molecule has 0 atom stereocenters. The summed E-state index contributed by atoms with van der Waals surface area (Å²) in [6.07, 6.45) is 2.75. The number of carbonyl (C=O) groups is 2. The topological polar surface area (TPSA) is 86.4 Å². The van der Waals surface area contributed by atoms with Gasteiger partial charge in [0.2, 0.25) is 0 Å². The molecule has 0 saturated carbocycles. The lowest BCUT2D eigenvalue weighted by Crippen LogP contribution is -2.39. The van der Waals surface area contributed by atoms with Crippen LogP contribution in [-0.4, -0.2) is 59.0 Å². The van der Waals surface area contributed by atoms with Crippen LogP contribution >= 0.6 is 0 Å². The summed E-state index contributed by atoms with van der Waals surface area (Å²) in [6.45, 7) is 1.33. The van der Waals surface area contributed by atoms with Gasteiger partial charge in [0.05, 0.1) is 5.39 Å². The third-order valence-corrected chi connectivity index (χ3v) is 5.93. The van der Waals surface area contributed by atoms with E-state index in [0.29, 0.717) is 41.0 Å². The number of hydrogen-bond donors (Lipinski definition) is 1. The van der Waals surface area contributed by atoms with Crippen LogP contribution in [0.3, 0.4) is 0 Å². The van der Waals surface area contributed by atoms with Crippen molar-refractivity contribution in [3.8, 4) is 0 Å². The van der Waals surface area contributed by atoms with Crippen LogP contribution in [0.1, 0.15) is 39.3 Å². The van der Waals surface area contributed by atoms with Crippen molar-refractivity contribution in [2.45, 2.75) is 19.3 Å². The predicted molar refractivity (Wildman–Crippen MR) is 119 cm³/mol. The Morgan fingerprint density at radius 3 is 2.32 bits per heavy atom. The number of benzene rings is 2. The second kappa shape index (κ2) is 8.71. The number of H-pyrrole nitrogens is 1. The largest absolute Gasteiger partial charge is 0.345 e. The van der Waals surface area contributed by atoms with Gasteiger partial charge in [-0.2, -0.15) is 5.10 Å². The second-order valence-corrected chi connectivity index (χ2v) is 8.28. The Kier molecular flexibility index (Phi) is 5.84. The number of piperidine rings is 1. The molecule has 1 fully saturated rings. The second-order valence-electron chi connectivity index (χ2n) is 8.28. The Balaban J connectivity index is 1.39. The minimum Gasteiger partial charge on any atom is -0.345 e. The SMILES string of the molecule is CN(C)C(=O)c1ccc(CC2CCN(C(=O)c3n[nH]c(=O)c4ccccc34)CC2)cc1. The van der Waals surface area contributed by atoms with Gasteiger partial charge in [0.1, 0.15) is 0 Å². The van der Waals surface area contributed by atoms with Crippen molar-refractivity contribution >= 4 is 22.6 Å². The number of fused-ring (bicyclic) bond motifs is 1. The van der Waals surface area contributed by atoms with Gasteiger partial charge in [-0.15, -0.1) is 0 Å². The van der Waals surface area contributed by atoms with Crippen molar-refractivity contribution in [3.63, 3.8) is 0 Å². The number of carbonyl (C=O) groups excluding carboxylic acids is 2. The number of aromatic amines is 1. The molecule has 1 saturated heterocycles.